The number of hydrazine groups is 1. The summed E-state index contributed by atoms with van der Waals surface area (Å²) in [5, 5.41) is 0. The lowest BCUT2D eigenvalue weighted by atomic mass is 10.2. The number of benzene rings is 2. The number of halogens is 2. The number of nitrogens with one attached hydrogen (secondary N) is 2. The Morgan fingerprint density at radius 3 is 2.11 bits per heavy atom. The molecule has 0 radical (unpaired) electrons. The van der Waals surface area contributed by atoms with Gasteiger partial charge in [0.15, 0.2) is 0 Å². The number of anilines is 1. The Morgan fingerprint density at radius 1 is 0.889 bits per heavy atom. The fourth-order valence-electron chi connectivity index (χ4n) is 1.40. The quantitative estimate of drug-likeness (QED) is 0.803. The maximum absolute atomic E-state index is 11.8. The van der Waals surface area contributed by atoms with Gasteiger partial charge in [0.1, 0.15) is 0 Å². The van der Waals surface area contributed by atoms with E-state index in [2.05, 4.69) is 42.7 Å². The molecule has 0 bridgehead atoms. The van der Waals surface area contributed by atoms with E-state index in [-0.39, 0.29) is 5.91 Å². The number of hydrogen-bond donors (Lipinski definition) is 2. The molecule has 2 rings (SSSR count). The first-order valence-electron chi connectivity index (χ1n) is 5.24. The molecule has 0 spiro atoms. The van der Waals surface area contributed by atoms with Gasteiger partial charge in [-0.15, -0.1) is 0 Å². The maximum Gasteiger partial charge on any atom is 0.269 e. The Kier molecular flexibility index (Phi) is 4.38. The van der Waals surface area contributed by atoms with Crippen LogP contribution in [0.15, 0.2) is 57.5 Å². The molecule has 0 aromatic heterocycles. The summed E-state index contributed by atoms with van der Waals surface area (Å²) in [6, 6.07) is 14.7. The standard InChI is InChI=1S/C13H10Br2N2O/c14-10-7-4-8-11(15)12(10)16-17-13(18)9-5-2-1-3-6-9/h1-8,16H,(H,17,18). The van der Waals surface area contributed by atoms with Crippen LogP contribution in [0, 0.1) is 0 Å². The molecular formula is C13H10Br2N2O. The molecule has 0 aliphatic carbocycles. The fraction of sp³-hybridized carbons (Fsp3) is 0. The first-order chi connectivity index (χ1) is 8.68. The van der Waals surface area contributed by atoms with Gasteiger partial charge < -0.3 is 0 Å². The van der Waals surface area contributed by atoms with E-state index in [0.29, 0.717) is 5.56 Å². The highest BCUT2D eigenvalue weighted by Crippen LogP contribution is 2.29. The van der Waals surface area contributed by atoms with Gasteiger partial charge in [0, 0.05) is 14.5 Å². The van der Waals surface area contributed by atoms with Crippen molar-refractivity contribution >= 4 is 43.5 Å². The van der Waals surface area contributed by atoms with Crippen LogP contribution in [0.4, 0.5) is 5.69 Å². The predicted octanol–water partition coefficient (Wildman–Crippen LogP) is 3.97. The van der Waals surface area contributed by atoms with E-state index in [1.165, 1.54) is 0 Å². The molecule has 0 aliphatic rings. The van der Waals surface area contributed by atoms with Gasteiger partial charge in [-0.3, -0.25) is 15.6 Å². The van der Waals surface area contributed by atoms with Crippen molar-refractivity contribution in [2.75, 3.05) is 5.43 Å². The number of hydrogen-bond acceptors (Lipinski definition) is 2. The first-order valence-corrected chi connectivity index (χ1v) is 6.82. The van der Waals surface area contributed by atoms with E-state index in [1.54, 1.807) is 12.1 Å². The first kappa shape index (κ1) is 13.1. The fourth-order valence-corrected chi connectivity index (χ4v) is 2.59. The summed E-state index contributed by atoms with van der Waals surface area (Å²) in [6.45, 7) is 0. The number of rotatable bonds is 3. The van der Waals surface area contributed by atoms with Crippen LogP contribution in [0.3, 0.4) is 0 Å². The molecule has 2 aromatic rings. The second-order valence-electron chi connectivity index (χ2n) is 3.54. The average molecular weight is 370 g/mol. The Bertz CT molecular complexity index is 538. The van der Waals surface area contributed by atoms with Gasteiger partial charge in [-0.05, 0) is 56.1 Å². The third-order valence-electron chi connectivity index (χ3n) is 2.30. The van der Waals surface area contributed by atoms with Gasteiger partial charge in [-0.1, -0.05) is 24.3 Å². The van der Waals surface area contributed by atoms with Crippen molar-refractivity contribution in [3.05, 3.63) is 63.0 Å². The smallest absolute Gasteiger partial charge is 0.269 e. The van der Waals surface area contributed by atoms with Gasteiger partial charge >= 0.3 is 0 Å². The van der Waals surface area contributed by atoms with E-state index < -0.39 is 0 Å². The van der Waals surface area contributed by atoms with Crippen molar-refractivity contribution in [3.63, 3.8) is 0 Å². The summed E-state index contributed by atoms with van der Waals surface area (Å²) in [5.74, 6) is -0.182. The lowest BCUT2D eigenvalue weighted by molar-refractivity contribution is 0.0962. The molecule has 0 aliphatic heterocycles. The summed E-state index contributed by atoms with van der Waals surface area (Å²) >= 11 is 6.82. The van der Waals surface area contributed by atoms with Crippen LogP contribution in [0.5, 0.6) is 0 Å². The molecule has 0 fully saturated rings. The molecule has 0 atom stereocenters. The molecule has 0 heterocycles. The Morgan fingerprint density at radius 2 is 1.50 bits per heavy atom. The number of carbonyl (C=O) groups excluding carboxylic acids is 1. The predicted molar refractivity (Wildman–Crippen MR) is 79.4 cm³/mol. The second kappa shape index (κ2) is 6.02. The molecule has 1 amide bonds. The number of amides is 1. The molecule has 0 unspecified atom stereocenters. The zero-order valence-corrected chi connectivity index (χ0v) is 12.5. The summed E-state index contributed by atoms with van der Waals surface area (Å²) in [7, 11) is 0. The van der Waals surface area contributed by atoms with E-state index in [4.69, 9.17) is 0 Å². The molecule has 5 heteroatoms. The molecule has 2 N–H and O–H groups in total. The lowest BCUT2D eigenvalue weighted by Gasteiger charge is -2.11. The summed E-state index contributed by atoms with van der Waals surface area (Å²) in [4.78, 5) is 11.8. The Hall–Kier alpha value is -1.33. The van der Waals surface area contributed by atoms with Crippen LogP contribution in [-0.4, -0.2) is 5.91 Å². The van der Waals surface area contributed by atoms with Gasteiger partial charge in [0.2, 0.25) is 0 Å². The third-order valence-corrected chi connectivity index (χ3v) is 3.62. The highest BCUT2D eigenvalue weighted by atomic mass is 79.9. The van der Waals surface area contributed by atoms with Crippen LogP contribution in [0.1, 0.15) is 10.4 Å². The average Bonchev–Trinajstić information content (AvgIpc) is 2.39. The normalized spacial score (nSPS) is 9.89. The van der Waals surface area contributed by atoms with Gasteiger partial charge in [0.05, 0.1) is 5.69 Å². The topological polar surface area (TPSA) is 41.1 Å². The minimum absolute atomic E-state index is 0.182. The van der Waals surface area contributed by atoms with Crippen LogP contribution in [0.2, 0.25) is 0 Å². The maximum atomic E-state index is 11.8. The van der Waals surface area contributed by atoms with E-state index in [0.717, 1.165) is 14.6 Å². The molecule has 3 nitrogen and oxygen atoms in total. The van der Waals surface area contributed by atoms with E-state index >= 15 is 0 Å². The summed E-state index contributed by atoms with van der Waals surface area (Å²) in [6.07, 6.45) is 0. The highest BCUT2D eigenvalue weighted by Gasteiger charge is 2.07. The number of carbonyl (C=O) groups is 1. The molecule has 92 valence electrons. The minimum atomic E-state index is -0.182. The van der Waals surface area contributed by atoms with E-state index in [1.807, 2.05) is 36.4 Å². The molecule has 0 saturated heterocycles. The number of para-hydroxylation sites is 1. The van der Waals surface area contributed by atoms with Crippen LogP contribution < -0.4 is 10.9 Å². The SMILES string of the molecule is O=C(NNc1c(Br)cccc1Br)c1ccccc1. The van der Waals surface area contributed by atoms with E-state index in [9.17, 15) is 4.79 Å². The summed E-state index contributed by atoms with van der Waals surface area (Å²) in [5.41, 5.74) is 6.92. The molecule has 2 aromatic carbocycles. The van der Waals surface area contributed by atoms with Gasteiger partial charge in [-0.2, -0.15) is 0 Å². The van der Waals surface area contributed by atoms with Crippen LogP contribution in [0.25, 0.3) is 0 Å². The lowest BCUT2D eigenvalue weighted by Crippen LogP contribution is -2.29. The third kappa shape index (κ3) is 3.11. The zero-order valence-electron chi connectivity index (χ0n) is 9.28. The van der Waals surface area contributed by atoms with Crippen molar-refractivity contribution in [1.29, 1.82) is 0 Å². The minimum Gasteiger partial charge on any atom is -0.296 e. The van der Waals surface area contributed by atoms with Crippen molar-refractivity contribution in [1.82, 2.24) is 5.43 Å². The van der Waals surface area contributed by atoms with Gasteiger partial charge in [0.25, 0.3) is 5.91 Å². The Balaban J connectivity index is 2.07. The highest BCUT2D eigenvalue weighted by molar-refractivity contribution is 9.11. The largest absolute Gasteiger partial charge is 0.296 e. The van der Waals surface area contributed by atoms with Crippen LogP contribution in [-0.2, 0) is 0 Å². The Labute approximate surface area is 122 Å². The molecular weight excluding hydrogens is 360 g/mol. The van der Waals surface area contributed by atoms with Crippen molar-refractivity contribution < 1.29 is 4.79 Å². The molecule has 18 heavy (non-hydrogen) atoms. The van der Waals surface area contributed by atoms with Gasteiger partial charge in [-0.25, -0.2) is 0 Å². The summed E-state index contributed by atoms with van der Waals surface area (Å²) < 4.78 is 1.73. The van der Waals surface area contributed by atoms with Crippen LogP contribution >= 0.6 is 31.9 Å². The second-order valence-corrected chi connectivity index (χ2v) is 5.25. The molecule has 0 saturated carbocycles. The van der Waals surface area contributed by atoms with Crippen molar-refractivity contribution in [2.45, 2.75) is 0 Å². The van der Waals surface area contributed by atoms with Crippen molar-refractivity contribution in [3.8, 4) is 0 Å². The van der Waals surface area contributed by atoms with Crippen molar-refractivity contribution in [2.24, 2.45) is 0 Å². The monoisotopic (exact) mass is 368 g/mol. The zero-order chi connectivity index (χ0) is 13.0.